The van der Waals surface area contributed by atoms with Crippen molar-refractivity contribution in [1.29, 1.82) is 0 Å². The number of fused-ring (bicyclic) bond motifs is 2. The quantitative estimate of drug-likeness (QED) is 0.140. The van der Waals surface area contributed by atoms with Gasteiger partial charge in [-0.3, -0.25) is 9.59 Å². The minimum Gasteiger partial charge on any atom is -0.507 e. The van der Waals surface area contributed by atoms with Crippen LogP contribution in [0.3, 0.4) is 0 Å². The lowest BCUT2D eigenvalue weighted by molar-refractivity contribution is 0.100. The summed E-state index contributed by atoms with van der Waals surface area (Å²) < 4.78 is 12.1. The molecule has 3 aromatic carbocycles. The van der Waals surface area contributed by atoms with Crippen LogP contribution in [0.5, 0.6) is 11.5 Å². The number of carbonyl (C=O) groups excluding carboxylic acids is 2. The molecule has 5 rings (SSSR count). The van der Waals surface area contributed by atoms with Crippen molar-refractivity contribution in [2.75, 3.05) is 0 Å². The van der Waals surface area contributed by atoms with E-state index < -0.39 is 5.60 Å². The summed E-state index contributed by atoms with van der Waals surface area (Å²) in [4.78, 5) is 26.2. The third-order valence-corrected chi connectivity index (χ3v) is 7.06. The Bertz CT molecular complexity index is 1690. The molecule has 5 heteroatoms. The third kappa shape index (κ3) is 5.69. The van der Waals surface area contributed by atoms with Crippen LogP contribution >= 0.6 is 0 Å². The Morgan fingerprint density at radius 2 is 1.77 bits per heavy atom. The highest BCUT2D eigenvalue weighted by atomic mass is 16.5. The van der Waals surface area contributed by atoms with Gasteiger partial charge in [0.15, 0.2) is 11.5 Å². The molecule has 1 N–H and O–H groups in total. The molecule has 0 amide bonds. The number of rotatable bonds is 8. The molecule has 1 atom stereocenters. The zero-order valence-electron chi connectivity index (χ0n) is 23.2. The predicted molar refractivity (Wildman–Crippen MR) is 159 cm³/mol. The zero-order valence-corrected chi connectivity index (χ0v) is 23.2. The lowest BCUT2D eigenvalue weighted by Crippen LogP contribution is -2.32. The molecule has 0 saturated carbocycles. The van der Waals surface area contributed by atoms with Gasteiger partial charge < -0.3 is 14.3 Å². The SMILES string of the molecule is CC(C)=CCCC1(C)C=Cc2ccc(O)c(C(=O)/C=C/c3ccc4oc(C(=O)c5ccc(C)cc5)cc4c3)c2O1. The highest BCUT2D eigenvalue weighted by molar-refractivity contribution is 6.11. The monoisotopic (exact) mass is 532 g/mol. The smallest absolute Gasteiger partial charge is 0.228 e. The summed E-state index contributed by atoms with van der Waals surface area (Å²) in [6.07, 6.45) is 10.8. The van der Waals surface area contributed by atoms with Crippen LogP contribution in [0.1, 0.15) is 76.8 Å². The summed E-state index contributed by atoms with van der Waals surface area (Å²) in [7, 11) is 0. The number of carbonyl (C=O) groups is 2. The number of hydrogen-bond donors (Lipinski definition) is 1. The van der Waals surface area contributed by atoms with Gasteiger partial charge in [-0.2, -0.15) is 0 Å². The van der Waals surface area contributed by atoms with Crippen molar-refractivity contribution in [3.8, 4) is 11.5 Å². The van der Waals surface area contributed by atoms with Crippen LogP contribution < -0.4 is 4.74 Å². The number of aryl methyl sites for hydroxylation is 1. The highest BCUT2D eigenvalue weighted by Crippen LogP contribution is 2.40. The Morgan fingerprint density at radius 1 is 1.00 bits per heavy atom. The number of phenols is 1. The highest BCUT2D eigenvalue weighted by Gasteiger charge is 2.31. The first-order valence-electron chi connectivity index (χ1n) is 13.4. The molecule has 1 aliphatic heterocycles. The van der Waals surface area contributed by atoms with Crippen molar-refractivity contribution in [2.24, 2.45) is 0 Å². The van der Waals surface area contributed by atoms with E-state index in [0.717, 1.165) is 34.9 Å². The van der Waals surface area contributed by atoms with Gasteiger partial charge >= 0.3 is 0 Å². The number of furan rings is 1. The van der Waals surface area contributed by atoms with E-state index in [9.17, 15) is 14.7 Å². The number of benzene rings is 3. The molecular formula is C35H32O5. The molecule has 1 unspecified atom stereocenters. The van der Waals surface area contributed by atoms with E-state index in [-0.39, 0.29) is 28.6 Å². The topological polar surface area (TPSA) is 76.7 Å². The first-order chi connectivity index (χ1) is 19.1. The Kier molecular flexibility index (Phi) is 7.31. The van der Waals surface area contributed by atoms with Crippen molar-refractivity contribution in [2.45, 2.75) is 46.1 Å². The van der Waals surface area contributed by atoms with E-state index in [0.29, 0.717) is 16.9 Å². The second-order valence-electron chi connectivity index (χ2n) is 10.7. The van der Waals surface area contributed by atoms with E-state index in [1.54, 1.807) is 36.4 Å². The molecule has 0 saturated heterocycles. The first-order valence-corrected chi connectivity index (χ1v) is 13.4. The summed E-state index contributed by atoms with van der Waals surface area (Å²) in [6, 6.07) is 17.8. The van der Waals surface area contributed by atoms with Crippen molar-refractivity contribution >= 4 is 34.7 Å². The summed E-state index contributed by atoms with van der Waals surface area (Å²) >= 11 is 0. The van der Waals surface area contributed by atoms with E-state index in [2.05, 4.69) is 19.9 Å². The standard InChI is InChI=1S/C35H32O5/c1-22(2)6-5-18-35(4)19-17-26-13-15-29(37)32(34(26)40-35)28(36)14-9-24-10-16-30-27(20-24)21-31(39-30)33(38)25-11-7-23(3)8-12-25/h6-17,19-21,37H,5,18H2,1-4H3/b14-9+. The lowest BCUT2D eigenvalue weighted by Gasteiger charge is -2.32. The van der Waals surface area contributed by atoms with Gasteiger partial charge in [0, 0.05) is 16.5 Å². The summed E-state index contributed by atoms with van der Waals surface area (Å²) in [5, 5.41) is 11.4. The Balaban J connectivity index is 1.37. The maximum Gasteiger partial charge on any atom is 0.228 e. The number of phenolic OH excluding ortho intramolecular Hbond substituents is 1. The minimum absolute atomic E-state index is 0.125. The van der Waals surface area contributed by atoms with Crippen molar-refractivity contribution < 1.29 is 23.8 Å². The Morgan fingerprint density at radius 3 is 2.52 bits per heavy atom. The van der Waals surface area contributed by atoms with Crippen molar-refractivity contribution in [3.05, 3.63) is 118 Å². The number of ketones is 2. The first kappa shape index (κ1) is 26.9. The van der Waals surface area contributed by atoms with Crippen molar-refractivity contribution in [1.82, 2.24) is 0 Å². The molecule has 0 aliphatic carbocycles. The maximum atomic E-state index is 13.3. The lowest BCUT2D eigenvalue weighted by atomic mass is 9.92. The van der Waals surface area contributed by atoms with E-state index in [1.165, 1.54) is 17.7 Å². The van der Waals surface area contributed by atoms with Gasteiger partial charge in [0.1, 0.15) is 28.2 Å². The fourth-order valence-corrected chi connectivity index (χ4v) is 4.76. The molecule has 2 heterocycles. The average Bonchev–Trinajstić information content (AvgIpc) is 3.35. The number of hydrogen-bond acceptors (Lipinski definition) is 5. The van der Waals surface area contributed by atoms with E-state index in [1.807, 2.05) is 50.3 Å². The van der Waals surface area contributed by atoms with Crippen LogP contribution in [0.15, 0.2) is 88.9 Å². The normalized spacial score (nSPS) is 16.1. The minimum atomic E-state index is -0.592. The molecule has 1 aromatic heterocycles. The molecule has 5 nitrogen and oxygen atoms in total. The van der Waals surface area contributed by atoms with Crippen LogP contribution in [0.4, 0.5) is 0 Å². The molecule has 4 aromatic rings. The van der Waals surface area contributed by atoms with Gasteiger partial charge in [0.05, 0.1) is 0 Å². The molecule has 1 aliphatic rings. The molecule has 40 heavy (non-hydrogen) atoms. The third-order valence-electron chi connectivity index (χ3n) is 7.06. The summed E-state index contributed by atoms with van der Waals surface area (Å²) in [5.41, 5.74) is 4.52. The van der Waals surface area contributed by atoms with E-state index in [4.69, 9.17) is 9.15 Å². The van der Waals surface area contributed by atoms with Crippen molar-refractivity contribution in [3.63, 3.8) is 0 Å². The summed E-state index contributed by atoms with van der Waals surface area (Å²) in [6.45, 7) is 8.07. The number of allylic oxidation sites excluding steroid dienone is 3. The molecule has 0 spiro atoms. The molecule has 0 fully saturated rings. The van der Waals surface area contributed by atoms with Crippen LogP contribution in [-0.4, -0.2) is 22.3 Å². The molecular weight excluding hydrogens is 500 g/mol. The maximum absolute atomic E-state index is 13.3. The van der Waals surface area contributed by atoms with Gasteiger partial charge in [-0.25, -0.2) is 0 Å². The second-order valence-corrected chi connectivity index (χ2v) is 10.7. The second kappa shape index (κ2) is 10.9. The number of ether oxygens (including phenoxy) is 1. The van der Waals surface area contributed by atoms with Crippen LogP contribution in [0.25, 0.3) is 23.1 Å². The van der Waals surface area contributed by atoms with Gasteiger partial charge in [-0.15, -0.1) is 0 Å². The fourth-order valence-electron chi connectivity index (χ4n) is 4.76. The molecule has 0 bridgehead atoms. The van der Waals surface area contributed by atoms with E-state index >= 15 is 0 Å². The fraction of sp³-hybridized carbons (Fsp3) is 0.200. The Hall–Kier alpha value is -4.64. The van der Waals surface area contributed by atoms with Crippen LogP contribution in [0.2, 0.25) is 0 Å². The summed E-state index contributed by atoms with van der Waals surface area (Å²) in [5.74, 6) is -0.0236. The average molecular weight is 533 g/mol. The molecule has 202 valence electrons. The largest absolute Gasteiger partial charge is 0.507 e. The van der Waals surface area contributed by atoms with Crippen LogP contribution in [-0.2, 0) is 0 Å². The van der Waals surface area contributed by atoms with Gasteiger partial charge in [-0.05, 0) is 88.6 Å². The van der Waals surface area contributed by atoms with Crippen LogP contribution in [0, 0.1) is 6.92 Å². The zero-order chi connectivity index (χ0) is 28.4. The van der Waals surface area contributed by atoms with Gasteiger partial charge in [0.2, 0.25) is 5.78 Å². The van der Waals surface area contributed by atoms with Gasteiger partial charge in [-0.1, -0.05) is 59.7 Å². The predicted octanol–water partition coefficient (Wildman–Crippen LogP) is 8.48. The molecule has 0 radical (unpaired) electrons. The van der Waals surface area contributed by atoms with Gasteiger partial charge in [0.25, 0.3) is 0 Å². The Labute approximate surface area is 234 Å². The number of aromatic hydroxyl groups is 1.